The Labute approximate surface area is 66.0 Å². The molecule has 0 aromatic rings. The average molecular weight is 159 g/mol. The maximum absolute atomic E-state index is 5.15. The van der Waals surface area contributed by atoms with E-state index < -0.39 is 0 Å². The monoisotopic (exact) mass is 159 g/mol. The molecule has 1 rings (SSSR count). The summed E-state index contributed by atoms with van der Waals surface area (Å²) in [6.45, 7) is 6.27. The Morgan fingerprint density at radius 2 is 2.40 bits per heavy atom. The number of hydrogen-bond donors (Lipinski definition) is 0. The lowest BCUT2D eigenvalue weighted by Gasteiger charge is -2.21. The molecule has 0 aromatic heterocycles. The lowest BCUT2D eigenvalue weighted by molar-refractivity contribution is 0.0155. The molecule has 0 aliphatic carbocycles. The van der Waals surface area contributed by atoms with Crippen molar-refractivity contribution in [2.75, 3.05) is 5.75 Å². The number of rotatable bonds is 2. The summed E-state index contributed by atoms with van der Waals surface area (Å²) in [5, 5.41) is 4.22. The van der Waals surface area contributed by atoms with Gasteiger partial charge < -0.3 is 4.84 Å². The van der Waals surface area contributed by atoms with Gasteiger partial charge in [0.25, 0.3) is 0 Å². The van der Waals surface area contributed by atoms with Crippen LogP contribution in [0, 0.1) is 0 Å². The fraction of sp³-hybridized carbons (Fsp3) is 0.857. The van der Waals surface area contributed by atoms with Crippen molar-refractivity contribution >= 4 is 18.0 Å². The number of thioether (sulfide) groups is 1. The minimum atomic E-state index is -0.0966. The van der Waals surface area contributed by atoms with E-state index in [9.17, 15) is 0 Å². The smallest absolute Gasteiger partial charge is 0.149 e. The van der Waals surface area contributed by atoms with Crippen LogP contribution in [0.2, 0.25) is 0 Å². The van der Waals surface area contributed by atoms with Crippen LogP contribution in [0.4, 0.5) is 0 Å². The van der Waals surface area contributed by atoms with E-state index in [1.165, 1.54) is 0 Å². The molecule has 3 heteroatoms. The van der Waals surface area contributed by atoms with Gasteiger partial charge in [-0.25, -0.2) is 0 Å². The molecule has 0 amide bonds. The summed E-state index contributed by atoms with van der Waals surface area (Å²) in [5.74, 6) is 1.11. The first-order chi connectivity index (χ1) is 4.67. The molecule has 1 aliphatic rings. The summed E-state index contributed by atoms with van der Waals surface area (Å²) in [6, 6.07) is 0. The predicted octanol–water partition coefficient (Wildman–Crippen LogP) is 1.90. The first-order valence-corrected chi connectivity index (χ1v) is 4.55. The third-order valence-electron chi connectivity index (χ3n) is 1.52. The first-order valence-electron chi connectivity index (χ1n) is 3.50. The van der Waals surface area contributed by atoms with Crippen LogP contribution in [0.25, 0.3) is 0 Å². The zero-order chi connectivity index (χ0) is 7.61. The molecule has 0 aromatic carbocycles. The molecule has 58 valence electrons. The molecule has 0 fully saturated rings. The van der Waals surface area contributed by atoms with Crippen LogP contribution in [0.15, 0.2) is 5.16 Å². The van der Waals surface area contributed by atoms with Crippen LogP contribution in [0.3, 0.4) is 0 Å². The highest BCUT2D eigenvalue weighted by Gasteiger charge is 2.34. The number of nitrogens with zero attached hydrogens (tertiary/aromatic N) is 1. The summed E-state index contributed by atoms with van der Waals surface area (Å²) in [5.41, 5.74) is -0.0966. The zero-order valence-electron chi connectivity index (χ0n) is 6.63. The largest absolute Gasteiger partial charge is 0.389 e. The van der Waals surface area contributed by atoms with E-state index in [1.807, 2.05) is 18.0 Å². The lowest BCUT2D eigenvalue weighted by Crippen LogP contribution is -2.31. The summed E-state index contributed by atoms with van der Waals surface area (Å²) in [4.78, 5) is 5.15. The Bertz CT molecular complexity index is 145. The van der Waals surface area contributed by atoms with Gasteiger partial charge in [0.15, 0.2) is 0 Å². The van der Waals surface area contributed by atoms with Crippen LogP contribution in [-0.4, -0.2) is 22.8 Å². The second kappa shape index (κ2) is 2.82. The van der Waals surface area contributed by atoms with Crippen molar-refractivity contribution in [1.29, 1.82) is 0 Å². The fourth-order valence-corrected chi connectivity index (χ4v) is 1.82. The second-order valence-corrected chi connectivity index (χ2v) is 4.24. The molecular formula is C7H13NOS. The first kappa shape index (κ1) is 7.92. The molecular weight excluding hydrogens is 146 g/mol. The quantitative estimate of drug-likeness (QED) is 0.613. The van der Waals surface area contributed by atoms with Crippen molar-refractivity contribution in [3.63, 3.8) is 0 Å². The van der Waals surface area contributed by atoms with Crippen molar-refractivity contribution in [3.05, 3.63) is 0 Å². The minimum Gasteiger partial charge on any atom is -0.389 e. The highest BCUT2D eigenvalue weighted by atomic mass is 32.2. The van der Waals surface area contributed by atoms with Crippen LogP contribution >= 0.6 is 11.8 Å². The lowest BCUT2D eigenvalue weighted by atomic mass is 10.1. The Balaban J connectivity index is 2.50. The third kappa shape index (κ3) is 1.45. The van der Waals surface area contributed by atoms with Gasteiger partial charge >= 0.3 is 0 Å². The Morgan fingerprint density at radius 3 is 2.80 bits per heavy atom. The van der Waals surface area contributed by atoms with Crippen LogP contribution in [-0.2, 0) is 4.84 Å². The van der Waals surface area contributed by atoms with E-state index in [4.69, 9.17) is 4.84 Å². The Hall–Kier alpha value is -0.180. The molecule has 1 heterocycles. The highest BCUT2D eigenvalue weighted by Crippen LogP contribution is 2.29. The van der Waals surface area contributed by atoms with Gasteiger partial charge in [0.1, 0.15) is 5.60 Å². The van der Waals surface area contributed by atoms with E-state index in [1.54, 1.807) is 0 Å². The van der Waals surface area contributed by atoms with Crippen molar-refractivity contribution in [2.45, 2.75) is 31.6 Å². The van der Waals surface area contributed by atoms with Crippen molar-refractivity contribution < 1.29 is 4.84 Å². The van der Waals surface area contributed by atoms with E-state index >= 15 is 0 Å². The number of oxime groups is 1. The highest BCUT2D eigenvalue weighted by molar-refractivity contribution is 8.00. The van der Waals surface area contributed by atoms with Crippen LogP contribution in [0.5, 0.6) is 0 Å². The molecule has 0 N–H and O–H groups in total. The van der Waals surface area contributed by atoms with E-state index in [-0.39, 0.29) is 5.60 Å². The van der Waals surface area contributed by atoms with Gasteiger partial charge in [-0.05, 0) is 19.6 Å². The van der Waals surface area contributed by atoms with Gasteiger partial charge in [-0.1, -0.05) is 12.1 Å². The summed E-state index contributed by atoms with van der Waals surface area (Å²) in [7, 11) is 0. The number of hydrogen-bond acceptors (Lipinski definition) is 3. The average Bonchev–Trinajstić information content (AvgIpc) is 2.13. The van der Waals surface area contributed by atoms with Gasteiger partial charge in [-0.15, -0.1) is 11.8 Å². The van der Waals surface area contributed by atoms with Gasteiger partial charge in [-0.2, -0.15) is 0 Å². The molecule has 10 heavy (non-hydrogen) atoms. The standard InChI is InChI=1S/C7H13NOS/c1-4-10-6-5-8-9-7(6,2)3/h5-6H,4H2,1-3H3. The van der Waals surface area contributed by atoms with Crippen LogP contribution in [0.1, 0.15) is 20.8 Å². The maximum Gasteiger partial charge on any atom is 0.149 e. The van der Waals surface area contributed by atoms with Crippen LogP contribution < -0.4 is 0 Å². The molecule has 0 saturated carbocycles. The molecule has 1 atom stereocenters. The predicted molar refractivity (Wildman–Crippen MR) is 45.6 cm³/mol. The van der Waals surface area contributed by atoms with Gasteiger partial charge in [0, 0.05) is 0 Å². The molecule has 0 bridgehead atoms. The van der Waals surface area contributed by atoms with Crippen molar-refractivity contribution in [1.82, 2.24) is 0 Å². The third-order valence-corrected chi connectivity index (χ3v) is 2.90. The molecule has 1 aliphatic heterocycles. The van der Waals surface area contributed by atoms with Crippen molar-refractivity contribution in [2.24, 2.45) is 5.16 Å². The summed E-state index contributed by atoms with van der Waals surface area (Å²) < 4.78 is 0. The summed E-state index contributed by atoms with van der Waals surface area (Å²) >= 11 is 1.87. The Kier molecular flexibility index (Phi) is 2.24. The topological polar surface area (TPSA) is 21.6 Å². The fourth-order valence-electron chi connectivity index (χ4n) is 0.876. The zero-order valence-corrected chi connectivity index (χ0v) is 7.44. The summed E-state index contributed by atoms with van der Waals surface area (Å²) in [6.07, 6.45) is 1.88. The van der Waals surface area contributed by atoms with E-state index in [0.717, 1.165) is 5.75 Å². The van der Waals surface area contributed by atoms with Crippen molar-refractivity contribution in [3.8, 4) is 0 Å². The maximum atomic E-state index is 5.15. The second-order valence-electron chi connectivity index (χ2n) is 2.83. The molecule has 0 saturated heterocycles. The molecule has 0 spiro atoms. The molecule has 0 radical (unpaired) electrons. The van der Waals surface area contributed by atoms with E-state index in [2.05, 4.69) is 25.9 Å². The normalized spacial score (nSPS) is 28.5. The molecule has 1 unspecified atom stereocenters. The van der Waals surface area contributed by atoms with Gasteiger partial charge in [-0.3, -0.25) is 0 Å². The minimum absolute atomic E-state index is 0.0966. The van der Waals surface area contributed by atoms with Gasteiger partial charge in [0.05, 0.1) is 11.5 Å². The SMILES string of the molecule is CCSC1C=NOC1(C)C. The van der Waals surface area contributed by atoms with Gasteiger partial charge in [0.2, 0.25) is 0 Å². The molecule has 2 nitrogen and oxygen atoms in total. The van der Waals surface area contributed by atoms with E-state index in [0.29, 0.717) is 5.25 Å². The Morgan fingerprint density at radius 1 is 1.70 bits per heavy atom.